The summed E-state index contributed by atoms with van der Waals surface area (Å²) >= 11 is 0. The molecular weight excluding hydrogens is 242 g/mol. The zero-order valence-corrected chi connectivity index (χ0v) is 11.2. The van der Waals surface area contributed by atoms with Gasteiger partial charge in [-0.2, -0.15) is 0 Å². The van der Waals surface area contributed by atoms with Crippen LogP contribution < -0.4 is 5.32 Å². The van der Waals surface area contributed by atoms with E-state index in [4.69, 9.17) is 5.11 Å². The minimum absolute atomic E-state index is 0.0336. The van der Waals surface area contributed by atoms with Crippen molar-refractivity contribution in [1.29, 1.82) is 0 Å². The lowest BCUT2D eigenvalue weighted by molar-refractivity contribution is 0.182. The maximum absolute atomic E-state index is 10.8. The van der Waals surface area contributed by atoms with Gasteiger partial charge in [0.15, 0.2) is 0 Å². The largest absolute Gasteiger partial charge is 0.465 e. The lowest BCUT2D eigenvalue weighted by Gasteiger charge is -2.23. The summed E-state index contributed by atoms with van der Waals surface area (Å²) in [6.45, 7) is 4.31. The Balaban J connectivity index is 1.97. The number of nitrogens with one attached hydrogen (secondary N) is 1. The Hall–Kier alpha value is -1.59. The van der Waals surface area contributed by atoms with E-state index in [1.54, 1.807) is 0 Å². The van der Waals surface area contributed by atoms with E-state index in [0.717, 1.165) is 32.7 Å². The van der Waals surface area contributed by atoms with Gasteiger partial charge >= 0.3 is 6.09 Å². The first kappa shape index (κ1) is 13.8. The number of nitrogens with zero attached hydrogens (tertiary/aromatic N) is 2. The van der Waals surface area contributed by atoms with Gasteiger partial charge in [0.2, 0.25) is 0 Å². The van der Waals surface area contributed by atoms with Crippen LogP contribution in [0.25, 0.3) is 0 Å². The third-order valence-electron chi connectivity index (χ3n) is 3.39. The summed E-state index contributed by atoms with van der Waals surface area (Å²) in [5, 5.41) is 11.5. The molecule has 5 nitrogen and oxygen atoms in total. The second-order valence-corrected chi connectivity index (χ2v) is 5.13. The first-order chi connectivity index (χ1) is 9.13. The van der Waals surface area contributed by atoms with Crippen LogP contribution in [0.1, 0.15) is 5.56 Å². The number of rotatable bonds is 3. The van der Waals surface area contributed by atoms with Crippen LogP contribution >= 0.6 is 0 Å². The molecular formula is C14H21N3O2. The van der Waals surface area contributed by atoms with Crippen molar-refractivity contribution in [3.8, 4) is 0 Å². The number of likely N-dealkylation sites (N-methyl/N-ethyl adjacent to an activating group) is 1. The Kier molecular flexibility index (Phi) is 4.76. The fourth-order valence-corrected chi connectivity index (χ4v) is 2.49. The summed E-state index contributed by atoms with van der Waals surface area (Å²) in [4.78, 5) is 15.3. The highest BCUT2D eigenvalue weighted by Crippen LogP contribution is 2.08. The van der Waals surface area contributed by atoms with Gasteiger partial charge in [-0.05, 0) is 12.6 Å². The molecule has 2 rings (SSSR count). The van der Waals surface area contributed by atoms with E-state index in [9.17, 15) is 4.79 Å². The van der Waals surface area contributed by atoms with Crippen molar-refractivity contribution in [2.24, 2.45) is 0 Å². The fraction of sp³-hybridized carbons (Fsp3) is 0.500. The predicted molar refractivity (Wildman–Crippen MR) is 74.2 cm³/mol. The average molecular weight is 263 g/mol. The van der Waals surface area contributed by atoms with Crippen LogP contribution in [0.5, 0.6) is 0 Å². The van der Waals surface area contributed by atoms with Crippen molar-refractivity contribution in [3.05, 3.63) is 35.9 Å². The molecule has 0 radical (unpaired) electrons. The summed E-state index contributed by atoms with van der Waals surface area (Å²) < 4.78 is 0. The Morgan fingerprint density at radius 2 is 2.05 bits per heavy atom. The lowest BCUT2D eigenvalue weighted by Crippen LogP contribution is -2.45. The molecule has 1 fully saturated rings. The summed E-state index contributed by atoms with van der Waals surface area (Å²) in [6.07, 6.45) is -0.944. The Labute approximate surface area is 113 Å². The molecule has 0 bridgehead atoms. The molecule has 2 N–H and O–H groups in total. The number of benzene rings is 1. The quantitative estimate of drug-likeness (QED) is 0.856. The molecule has 1 aromatic carbocycles. The van der Waals surface area contributed by atoms with Crippen LogP contribution in [-0.2, 0) is 6.54 Å². The molecule has 1 heterocycles. The second kappa shape index (κ2) is 6.54. The normalized spacial score (nSPS) is 21.8. The second-order valence-electron chi connectivity index (χ2n) is 5.13. The van der Waals surface area contributed by atoms with E-state index in [1.807, 2.05) is 25.2 Å². The highest BCUT2D eigenvalue weighted by atomic mass is 16.4. The van der Waals surface area contributed by atoms with Gasteiger partial charge in [0.25, 0.3) is 0 Å². The fourth-order valence-electron chi connectivity index (χ4n) is 2.49. The van der Waals surface area contributed by atoms with Crippen LogP contribution in [0, 0.1) is 0 Å². The Morgan fingerprint density at radius 3 is 2.74 bits per heavy atom. The summed E-state index contributed by atoms with van der Waals surface area (Å²) in [5.41, 5.74) is 1.26. The van der Waals surface area contributed by atoms with Crippen molar-refractivity contribution < 1.29 is 9.90 Å². The lowest BCUT2D eigenvalue weighted by atomic mass is 10.2. The van der Waals surface area contributed by atoms with E-state index in [0.29, 0.717) is 0 Å². The van der Waals surface area contributed by atoms with Gasteiger partial charge in [-0.15, -0.1) is 0 Å². The molecule has 1 aliphatic rings. The highest BCUT2D eigenvalue weighted by Gasteiger charge is 2.22. The third kappa shape index (κ3) is 4.54. The van der Waals surface area contributed by atoms with Crippen LogP contribution in [0.3, 0.4) is 0 Å². The van der Waals surface area contributed by atoms with Gasteiger partial charge in [-0.3, -0.25) is 4.90 Å². The zero-order chi connectivity index (χ0) is 13.7. The van der Waals surface area contributed by atoms with Gasteiger partial charge in [0.05, 0.1) is 6.04 Å². The van der Waals surface area contributed by atoms with E-state index in [1.165, 1.54) is 5.56 Å². The summed E-state index contributed by atoms with van der Waals surface area (Å²) in [7, 11) is 2.03. The monoisotopic (exact) mass is 263 g/mol. The van der Waals surface area contributed by atoms with Crippen molar-refractivity contribution in [2.75, 3.05) is 33.2 Å². The molecule has 1 saturated heterocycles. The van der Waals surface area contributed by atoms with Crippen LogP contribution in [0.15, 0.2) is 30.3 Å². The maximum atomic E-state index is 10.8. The van der Waals surface area contributed by atoms with Crippen molar-refractivity contribution in [2.45, 2.75) is 12.6 Å². The van der Waals surface area contributed by atoms with Gasteiger partial charge in [-0.1, -0.05) is 30.3 Å². The minimum Gasteiger partial charge on any atom is -0.465 e. The van der Waals surface area contributed by atoms with Gasteiger partial charge in [0, 0.05) is 32.7 Å². The van der Waals surface area contributed by atoms with Gasteiger partial charge in [0.1, 0.15) is 0 Å². The Morgan fingerprint density at radius 1 is 1.32 bits per heavy atom. The number of hydrogen-bond acceptors (Lipinski definition) is 3. The molecule has 19 heavy (non-hydrogen) atoms. The molecule has 0 saturated carbocycles. The van der Waals surface area contributed by atoms with Crippen molar-refractivity contribution in [3.63, 3.8) is 0 Å². The molecule has 0 aromatic heterocycles. The Bertz CT molecular complexity index is 410. The SMILES string of the molecule is CN1CCN(Cc2ccccc2)CC(NC(=O)O)C1. The first-order valence-electron chi connectivity index (χ1n) is 6.58. The van der Waals surface area contributed by atoms with Crippen LogP contribution in [-0.4, -0.2) is 60.3 Å². The summed E-state index contributed by atoms with van der Waals surface area (Å²) in [5.74, 6) is 0. The van der Waals surface area contributed by atoms with Crippen molar-refractivity contribution >= 4 is 6.09 Å². The molecule has 1 unspecified atom stereocenters. The number of amides is 1. The van der Waals surface area contributed by atoms with E-state index < -0.39 is 6.09 Å². The topological polar surface area (TPSA) is 55.8 Å². The molecule has 1 amide bonds. The molecule has 0 aliphatic carbocycles. The number of hydrogen-bond donors (Lipinski definition) is 2. The number of carbonyl (C=O) groups is 1. The molecule has 1 aromatic rings. The van der Waals surface area contributed by atoms with E-state index in [2.05, 4.69) is 27.2 Å². The minimum atomic E-state index is -0.944. The first-order valence-corrected chi connectivity index (χ1v) is 6.58. The average Bonchev–Trinajstić information content (AvgIpc) is 2.52. The van der Waals surface area contributed by atoms with Crippen LogP contribution in [0.4, 0.5) is 4.79 Å². The molecule has 104 valence electrons. The van der Waals surface area contributed by atoms with E-state index >= 15 is 0 Å². The highest BCUT2D eigenvalue weighted by molar-refractivity contribution is 5.64. The zero-order valence-electron chi connectivity index (χ0n) is 11.2. The molecule has 5 heteroatoms. The van der Waals surface area contributed by atoms with Crippen LogP contribution in [0.2, 0.25) is 0 Å². The van der Waals surface area contributed by atoms with E-state index in [-0.39, 0.29) is 6.04 Å². The smallest absolute Gasteiger partial charge is 0.404 e. The maximum Gasteiger partial charge on any atom is 0.404 e. The van der Waals surface area contributed by atoms with Gasteiger partial charge < -0.3 is 15.3 Å². The molecule has 1 atom stereocenters. The molecule has 0 spiro atoms. The summed E-state index contributed by atoms with van der Waals surface area (Å²) in [6, 6.07) is 10.3. The standard InChI is InChI=1S/C14H21N3O2/c1-16-7-8-17(9-12-5-3-2-4-6-12)11-13(10-16)15-14(18)19/h2-6,13,15H,7-11H2,1H3,(H,18,19). The van der Waals surface area contributed by atoms with Crippen molar-refractivity contribution in [1.82, 2.24) is 15.1 Å². The van der Waals surface area contributed by atoms with Gasteiger partial charge in [-0.25, -0.2) is 4.79 Å². The molecule has 1 aliphatic heterocycles. The number of carboxylic acid groups (broad SMARTS) is 1. The predicted octanol–water partition coefficient (Wildman–Crippen LogP) is 1.07. The third-order valence-corrected chi connectivity index (χ3v) is 3.39.